The summed E-state index contributed by atoms with van der Waals surface area (Å²) in [6.45, 7) is 7.00. The Labute approximate surface area is 153 Å². The molecule has 0 atom stereocenters. The highest BCUT2D eigenvalue weighted by molar-refractivity contribution is 5.94. The molecule has 1 N–H and O–H groups in total. The first-order chi connectivity index (χ1) is 12.5. The molecule has 0 radical (unpaired) electrons. The van der Waals surface area contributed by atoms with Gasteiger partial charge >= 0.3 is 0 Å². The predicted octanol–water partition coefficient (Wildman–Crippen LogP) is 1.99. The topological polar surface area (TPSA) is 65.5 Å². The third kappa shape index (κ3) is 4.20. The molecule has 2 heterocycles. The second-order valence-corrected chi connectivity index (χ2v) is 6.53. The fourth-order valence-electron chi connectivity index (χ4n) is 3.09. The van der Waals surface area contributed by atoms with E-state index in [1.165, 1.54) is 0 Å². The molecular formula is C20H24N4O2. The van der Waals surface area contributed by atoms with Gasteiger partial charge in [0.05, 0.1) is 17.4 Å². The molecule has 0 saturated carbocycles. The molecule has 0 bridgehead atoms. The van der Waals surface area contributed by atoms with Crippen molar-refractivity contribution in [1.82, 2.24) is 15.2 Å². The number of hydrogen-bond acceptors (Lipinski definition) is 4. The van der Waals surface area contributed by atoms with Gasteiger partial charge in [-0.1, -0.05) is 24.3 Å². The highest BCUT2D eigenvalue weighted by Crippen LogP contribution is 2.17. The Kier molecular flexibility index (Phi) is 5.51. The molecule has 0 aliphatic carbocycles. The van der Waals surface area contributed by atoms with Gasteiger partial charge in [-0.15, -0.1) is 0 Å². The Hall–Kier alpha value is -2.89. The number of piperazine rings is 1. The maximum atomic E-state index is 12.5. The third-order valence-electron chi connectivity index (χ3n) is 4.78. The summed E-state index contributed by atoms with van der Waals surface area (Å²) in [5.74, 6) is -0.0305. The standard InChI is InChI=1S/C20H24N4O2/c1-15-5-3-4-6-17(15)13-22-20(26)18-11-19(14-21-12-18)24-9-7-23(8-10-24)16(2)25/h3-6,11-12,14H,7-10,13H2,1-2H3,(H,22,26). The summed E-state index contributed by atoms with van der Waals surface area (Å²) < 4.78 is 0. The Morgan fingerprint density at radius 1 is 1.12 bits per heavy atom. The summed E-state index contributed by atoms with van der Waals surface area (Å²) in [7, 11) is 0. The van der Waals surface area contributed by atoms with E-state index in [2.05, 4.69) is 15.2 Å². The van der Waals surface area contributed by atoms with E-state index in [-0.39, 0.29) is 11.8 Å². The molecule has 2 aromatic rings. The molecule has 1 aliphatic heterocycles. The quantitative estimate of drug-likeness (QED) is 0.914. The molecule has 2 amide bonds. The minimum Gasteiger partial charge on any atom is -0.367 e. The van der Waals surface area contributed by atoms with Gasteiger partial charge in [0.25, 0.3) is 5.91 Å². The van der Waals surface area contributed by atoms with Gasteiger partial charge in [0.1, 0.15) is 0 Å². The maximum absolute atomic E-state index is 12.5. The van der Waals surface area contributed by atoms with E-state index in [9.17, 15) is 9.59 Å². The second-order valence-electron chi connectivity index (χ2n) is 6.53. The molecule has 26 heavy (non-hydrogen) atoms. The predicted molar refractivity (Wildman–Crippen MR) is 101 cm³/mol. The number of benzene rings is 1. The Morgan fingerprint density at radius 2 is 1.85 bits per heavy atom. The smallest absolute Gasteiger partial charge is 0.253 e. The zero-order valence-corrected chi connectivity index (χ0v) is 15.2. The number of pyridine rings is 1. The Morgan fingerprint density at radius 3 is 2.54 bits per heavy atom. The van der Waals surface area contributed by atoms with E-state index in [0.717, 1.165) is 29.9 Å². The Bertz CT molecular complexity index is 798. The van der Waals surface area contributed by atoms with Crippen molar-refractivity contribution < 1.29 is 9.59 Å². The summed E-state index contributed by atoms with van der Waals surface area (Å²) in [4.78, 5) is 32.1. The lowest BCUT2D eigenvalue weighted by molar-refractivity contribution is -0.129. The van der Waals surface area contributed by atoms with E-state index in [0.29, 0.717) is 25.2 Å². The second kappa shape index (κ2) is 7.99. The van der Waals surface area contributed by atoms with Crippen LogP contribution in [0.3, 0.4) is 0 Å². The fourth-order valence-corrected chi connectivity index (χ4v) is 3.09. The lowest BCUT2D eigenvalue weighted by Crippen LogP contribution is -2.48. The minimum absolute atomic E-state index is 0.104. The SMILES string of the molecule is CC(=O)N1CCN(c2cncc(C(=O)NCc3ccccc3C)c2)CC1. The first-order valence-electron chi connectivity index (χ1n) is 8.83. The first kappa shape index (κ1) is 17.9. The highest BCUT2D eigenvalue weighted by Gasteiger charge is 2.19. The van der Waals surface area contributed by atoms with Crippen molar-refractivity contribution in [2.45, 2.75) is 20.4 Å². The molecule has 1 aromatic carbocycles. The van der Waals surface area contributed by atoms with E-state index >= 15 is 0 Å². The summed E-state index contributed by atoms with van der Waals surface area (Å²) >= 11 is 0. The van der Waals surface area contributed by atoms with Crippen LogP contribution in [0, 0.1) is 6.92 Å². The van der Waals surface area contributed by atoms with Gasteiger partial charge in [-0.3, -0.25) is 14.6 Å². The maximum Gasteiger partial charge on any atom is 0.253 e. The van der Waals surface area contributed by atoms with Crippen LogP contribution in [0.5, 0.6) is 0 Å². The van der Waals surface area contributed by atoms with Crippen LogP contribution in [0.4, 0.5) is 5.69 Å². The Balaban J connectivity index is 1.63. The van der Waals surface area contributed by atoms with Crippen molar-refractivity contribution in [3.63, 3.8) is 0 Å². The molecule has 0 spiro atoms. The van der Waals surface area contributed by atoms with Crippen LogP contribution in [-0.4, -0.2) is 47.9 Å². The van der Waals surface area contributed by atoms with Crippen LogP contribution in [-0.2, 0) is 11.3 Å². The van der Waals surface area contributed by atoms with Crippen molar-refractivity contribution in [1.29, 1.82) is 0 Å². The summed E-state index contributed by atoms with van der Waals surface area (Å²) in [6, 6.07) is 9.87. The van der Waals surface area contributed by atoms with Gasteiger partial charge in [-0.05, 0) is 24.1 Å². The van der Waals surface area contributed by atoms with Gasteiger partial charge in [0.2, 0.25) is 5.91 Å². The van der Waals surface area contributed by atoms with E-state index in [1.54, 1.807) is 19.3 Å². The number of anilines is 1. The lowest BCUT2D eigenvalue weighted by Gasteiger charge is -2.35. The number of carbonyl (C=O) groups excluding carboxylic acids is 2. The van der Waals surface area contributed by atoms with Gasteiger partial charge in [0.15, 0.2) is 0 Å². The zero-order valence-electron chi connectivity index (χ0n) is 15.2. The number of aryl methyl sites for hydroxylation is 1. The molecule has 6 nitrogen and oxygen atoms in total. The molecule has 0 unspecified atom stereocenters. The van der Waals surface area contributed by atoms with Crippen molar-refractivity contribution in [2.24, 2.45) is 0 Å². The van der Waals surface area contributed by atoms with Crippen molar-refractivity contribution in [3.05, 3.63) is 59.4 Å². The number of aromatic nitrogens is 1. The minimum atomic E-state index is -0.134. The van der Waals surface area contributed by atoms with Gasteiger partial charge in [-0.25, -0.2) is 0 Å². The van der Waals surface area contributed by atoms with Crippen LogP contribution >= 0.6 is 0 Å². The van der Waals surface area contributed by atoms with Gasteiger partial charge < -0.3 is 15.1 Å². The van der Waals surface area contributed by atoms with Crippen molar-refractivity contribution >= 4 is 17.5 Å². The average molecular weight is 352 g/mol. The number of hydrogen-bond donors (Lipinski definition) is 1. The zero-order chi connectivity index (χ0) is 18.5. The molecule has 3 rings (SSSR count). The largest absolute Gasteiger partial charge is 0.367 e. The number of carbonyl (C=O) groups is 2. The first-order valence-corrected chi connectivity index (χ1v) is 8.83. The van der Waals surface area contributed by atoms with E-state index in [4.69, 9.17) is 0 Å². The normalized spacial score (nSPS) is 14.2. The summed E-state index contributed by atoms with van der Waals surface area (Å²) in [5, 5.41) is 2.96. The van der Waals surface area contributed by atoms with Crippen LogP contribution < -0.4 is 10.2 Å². The molecular weight excluding hydrogens is 328 g/mol. The van der Waals surface area contributed by atoms with Crippen molar-refractivity contribution in [2.75, 3.05) is 31.1 Å². The van der Waals surface area contributed by atoms with Crippen LogP contribution in [0.25, 0.3) is 0 Å². The lowest BCUT2D eigenvalue weighted by atomic mass is 10.1. The number of amides is 2. The fraction of sp³-hybridized carbons (Fsp3) is 0.350. The molecule has 1 saturated heterocycles. The molecule has 6 heteroatoms. The number of nitrogens with one attached hydrogen (secondary N) is 1. The van der Waals surface area contributed by atoms with Crippen LogP contribution in [0.1, 0.15) is 28.4 Å². The number of nitrogens with zero attached hydrogens (tertiary/aromatic N) is 3. The third-order valence-corrected chi connectivity index (χ3v) is 4.78. The van der Waals surface area contributed by atoms with E-state index < -0.39 is 0 Å². The molecule has 1 aliphatic rings. The molecule has 1 fully saturated rings. The summed E-state index contributed by atoms with van der Waals surface area (Å²) in [5.41, 5.74) is 3.72. The van der Waals surface area contributed by atoms with E-state index in [1.807, 2.05) is 42.2 Å². The van der Waals surface area contributed by atoms with Gasteiger partial charge in [0, 0.05) is 45.8 Å². The molecule has 136 valence electrons. The average Bonchev–Trinajstić information content (AvgIpc) is 2.67. The monoisotopic (exact) mass is 352 g/mol. The molecule has 1 aromatic heterocycles. The van der Waals surface area contributed by atoms with Crippen LogP contribution in [0.2, 0.25) is 0 Å². The highest BCUT2D eigenvalue weighted by atomic mass is 16.2. The number of rotatable bonds is 4. The van der Waals surface area contributed by atoms with Crippen LogP contribution in [0.15, 0.2) is 42.7 Å². The van der Waals surface area contributed by atoms with Crippen molar-refractivity contribution in [3.8, 4) is 0 Å². The van der Waals surface area contributed by atoms with Gasteiger partial charge in [-0.2, -0.15) is 0 Å². The summed E-state index contributed by atoms with van der Waals surface area (Å²) in [6.07, 6.45) is 3.35.